The number of rotatable bonds is 5. The Balaban J connectivity index is 2.19. The standard InChI is InChI=1S/C12H15F3N6/c1-3-16-11-18-9(12(13,14)15)6-10(19-11)17-7-8-4-5-21(2)20-8/h4-6H,3,7H2,1-2H3,(H2,16,17,18,19). The van der Waals surface area contributed by atoms with Gasteiger partial charge in [0.25, 0.3) is 0 Å². The molecule has 0 aliphatic rings. The summed E-state index contributed by atoms with van der Waals surface area (Å²) in [6.45, 7) is 2.46. The predicted octanol–water partition coefficient (Wildman–Crippen LogP) is 2.27. The number of alkyl halides is 3. The fourth-order valence-electron chi connectivity index (χ4n) is 1.66. The Morgan fingerprint density at radius 2 is 2.00 bits per heavy atom. The van der Waals surface area contributed by atoms with Crippen molar-refractivity contribution in [1.29, 1.82) is 0 Å². The van der Waals surface area contributed by atoms with Crippen molar-refractivity contribution < 1.29 is 13.2 Å². The van der Waals surface area contributed by atoms with Crippen molar-refractivity contribution in [3.63, 3.8) is 0 Å². The van der Waals surface area contributed by atoms with Crippen molar-refractivity contribution in [3.05, 3.63) is 29.7 Å². The largest absolute Gasteiger partial charge is 0.433 e. The third kappa shape index (κ3) is 4.07. The van der Waals surface area contributed by atoms with Crippen LogP contribution in [0.3, 0.4) is 0 Å². The van der Waals surface area contributed by atoms with Gasteiger partial charge in [0.05, 0.1) is 12.2 Å². The molecule has 21 heavy (non-hydrogen) atoms. The highest BCUT2D eigenvalue weighted by Crippen LogP contribution is 2.29. The number of hydrogen-bond donors (Lipinski definition) is 2. The van der Waals surface area contributed by atoms with Gasteiger partial charge in [0.1, 0.15) is 5.82 Å². The Kier molecular flexibility index (Phi) is 4.29. The van der Waals surface area contributed by atoms with Gasteiger partial charge in [-0.2, -0.15) is 23.3 Å². The van der Waals surface area contributed by atoms with Gasteiger partial charge in [0.2, 0.25) is 5.95 Å². The van der Waals surface area contributed by atoms with Crippen LogP contribution in [0.15, 0.2) is 18.3 Å². The first-order chi connectivity index (χ1) is 9.88. The Morgan fingerprint density at radius 1 is 1.24 bits per heavy atom. The molecular weight excluding hydrogens is 285 g/mol. The molecule has 0 aliphatic carbocycles. The predicted molar refractivity (Wildman–Crippen MR) is 71.7 cm³/mol. The molecule has 0 saturated carbocycles. The van der Waals surface area contributed by atoms with Crippen molar-refractivity contribution in [1.82, 2.24) is 19.7 Å². The highest BCUT2D eigenvalue weighted by molar-refractivity contribution is 5.43. The van der Waals surface area contributed by atoms with Gasteiger partial charge in [-0.05, 0) is 13.0 Å². The Bertz CT molecular complexity index is 607. The van der Waals surface area contributed by atoms with E-state index in [1.54, 1.807) is 30.9 Å². The number of nitrogens with one attached hydrogen (secondary N) is 2. The third-order valence-electron chi connectivity index (χ3n) is 2.57. The van der Waals surface area contributed by atoms with E-state index in [2.05, 4.69) is 25.7 Å². The molecule has 2 heterocycles. The normalized spacial score (nSPS) is 11.5. The molecule has 0 fully saturated rings. The summed E-state index contributed by atoms with van der Waals surface area (Å²) in [6.07, 6.45) is -2.77. The van der Waals surface area contributed by atoms with E-state index >= 15 is 0 Å². The summed E-state index contributed by atoms with van der Waals surface area (Å²) in [5, 5.41) is 9.63. The van der Waals surface area contributed by atoms with E-state index in [1.165, 1.54) is 0 Å². The minimum Gasteiger partial charge on any atom is -0.364 e. The first-order valence-electron chi connectivity index (χ1n) is 6.31. The van der Waals surface area contributed by atoms with Crippen LogP contribution in [0.1, 0.15) is 18.3 Å². The Morgan fingerprint density at radius 3 is 2.57 bits per heavy atom. The van der Waals surface area contributed by atoms with Crippen molar-refractivity contribution >= 4 is 11.8 Å². The number of aryl methyl sites for hydroxylation is 1. The fourth-order valence-corrected chi connectivity index (χ4v) is 1.66. The summed E-state index contributed by atoms with van der Waals surface area (Å²) in [5.74, 6) is 0.0368. The number of nitrogens with zero attached hydrogens (tertiary/aromatic N) is 4. The van der Waals surface area contributed by atoms with Crippen LogP contribution in [0.2, 0.25) is 0 Å². The zero-order chi connectivity index (χ0) is 15.5. The molecule has 0 aromatic carbocycles. The van der Waals surface area contributed by atoms with Crippen LogP contribution in [0.5, 0.6) is 0 Å². The molecule has 2 aromatic rings. The van der Waals surface area contributed by atoms with Crippen LogP contribution in [0, 0.1) is 0 Å². The SMILES string of the molecule is CCNc1nc(NCc2ccn(C)n2)cc(C(F)(F)F)n1. The molecule has 2 aromatic heterocycles. The lowest BCUT2D eigenvalue weighted by Crippen LogP contribution is -2.14. The van der Waals surface area contributed by atoms with E-state index in [9.17, 15) is 13.2 Å². The molecule has 0 saturated heterocycles. The van der Waals surface area contributed by atoms with E-state index in [-0.39, 0.29) is 18.3 Å². The molecule has 0 aliphatic heterocycles. The van der Waals surface area contributed by atoms with Crippen LogP contribution in [0.25, 0.3) is 0 Å². The van der Waals surface area contributed by atoms with Gasteiger partial charge in [0, 0.05) is 25.9 Å². The first-order valence-corrected chi connectivity index (χ1v) is 6.31. The topological polar surface area (TPSA) is 67.7 Å². The van der Waals surface area contributed by atoms with E-state index in [4.69, 9.17) is 0 Å². The number of anilines is 2. The van der Waals surface area contributed by atoms with Gasteiger partial charge in [0.15, 0.2) is 5.69 Å². The smallest absolute Gasteiger partial charge is 0.364 e. The lowest BCUT2D eigenvalue weighted by atomic mass is 10.3. The molecule has 0 atom stereocenters. The average molecular weight is 300 g/mol. The van der Waals surface area contributed by atoms with Gasteiger partial charge >= 0.3 is 6.18 Å². The van der Waals surface area contributed by atoms with E-state index in [0.717, 1.165) is 6.07 Å². The lowest BCUT2D eigenvalue weighted by molar-refractivity contribution is -0.141. The molecule has 0 unspecified atom stereocenters. The first kappa shape index (κ1) is 15.1. The third-order valence-corrected chi connectivity index (χ3v) is 2.57. The fraction of sp³-hybridized carbons (Fsp3) is 0.417. The second-order valence-electron chi connectivity index (χ2n) is 4.32. The van der Waals surface area contributed by atoms with Crippen molar-refractivity contribution in [2.24, 2.45) is 7.05 Å². The van der Waals surface area contributed by atoms with E-state index in [1.807, 2.05) is 0 Å². The average Bonchev–Trinajstić information content (AvgIpc) is 2.81. The maximum absolute atomic E-state index is 12.8. The van der Waals surface area contributed by atoms with Crippen molar-refractivity contribution in [3.8, 4) is 0 Å². The van der Waals surface area contributed by atoms with Gasteiger partial charge in [-0.25, -0.2) is 4.98 Å². The molecule has 2 N–H and O–H groups in total. The van der Waals surface area contributed by atoms with Gasteiger partial charge in [-0.3, -0.25) is 4.68 Å². The quantitative estimate of drug-likeness (QED) is 0.886. The minimum absolute atomic E-state index is 0.0594. The van der Waals surface area contributed by atoms with Crippen LogP contribution < -0.4 is 10.6 Å². The molecule has 9 heteroatoms. The monoisotopic (exact) mass is 300 g/mol. The Labute approximate surface area is 119 Å². The van der Waals surface area contributed by atoms with E-state index < -0.39 is 11.9 Å². The van der Waals surface area contributed by atoms with E-state index in [0.29, 0.717) is 12.2 Å². The highest BCUT2D eigenvalue weighted by Gasteiger charge is 2.33. The second kappa shape index (κ2) is 5.98. The second-order valence-corrected chi connectivity index (χ2v) is 4.32. The summed E-state index contributed by atoms with van der Waals surface area (Å²) in [6, 6.07) is 2.65. The maximum Gasteiger partial charge on any atom is 0.433 e. The summed E-state index contributed by atoms with van der Waals surface area (Å²) in [5.41, 5.74) is -0.286. The van der Waals surface area contributed by atoms with Crippen molar-refractivity contribution in [2.75, 3.05) is 17.2 Å². The summed E-state index contributed by atoms with van der Waals surface area (Å²) >= 11 is 0. The molecule has 0 amide bonds. The van der Waals surface area contributed by atoms with Crippen molar-refractivity contribution in [2.45, 2.75) is 19.6 Å². The maximum atomic E-state index is 12.8. The zero-order valence-electron chi connectivity index (χ0n) is 11.6. The van der Waals surface area contributed by atoms with Crippen LogP contribution >= 0.6 is 0 Å². The summed E-state index contributed by atoms with van der Waals surface area (Å²) in [4.78, 5) is 7.44. The Hall–Kier alpha value is -2.32. The number of hydrogen-bond acceptors (Lipinski definition) is 5. The molecule has 2 rings (SSSR count). The molecule has 0 radical (unpaired) electrons. The van der Waals surface area contributed by atoms with Crippen LogP contribution in [0.4, 0.5) is 24.9 Å². The highest BCUT2D eigenvalue weighted by atomic mass is 19.4. The minimum atomic E-state index is -4.52. The zero-order valence-corrected chi connectivity index (χ0v) is 11.6. The molecule has 0 bridgehead atoms. The molecule has 6 nitrogen and oxygen atoms in total. The van der Waals surface area contributed by atoms with Crippen LogP contribution in [-0.2, 0) is 19.8 Å². The van der Waals surface area contributed by atoms with Gasteiger partial charge < -0.3 is 10.6 Å². The molecule has 0 spiro atoms. The lowest BCUT2D eigenvalue weighted by Gasteiger charge is -2.11. The number of aromatic nitrogens is 4. The molecular formula is C12H15F3N6. The molecule has 114 valence electrons. The summed E-state index contributed by atoms with van der Waals surface area (Å²) in [7, 11) is 1.76. The van der Waals surface area contributed by atoms with Gasteiger partial charge in [-0.15, -0.1) is 0 Å². The van der Waals surface area contributed by atoms with Crippen LogP contribution in [-0.4, -0.2) is 26.3 Å². The summed E-state index contributed by atoms with van der Waals surface area (Å²) < 4.78 is 40.0. The number of halogens is 3. The van der Waals surface area contributed by atoms with Gasteiger partial charge in [-0.1, -0.05) is 0 Å².